The number of phenols is 1. The van der Waals surface area contributed by atoms with E-state index in [0.29, 0.717) is 5.56 Å². The van der Waals surface area contributed by atoms with Crippen LogP contribution >= 0.6 is 0 Å². The van der Waals surface area contributed by atoms with E-state index < -0.39 is 58.0 Å². The van der Waals surface area contributed by atoms with Gasteiger partial charge >= 0.3 is 0 Å². The Bertz CT molecular complexity index is 1390. The van der Waals surface area contributed by atoms with Crippen LogP contribution in [0.25, 0.3) is 11.1 Å². The molecule has 0 fully saturated rings. The SMILES string of the molecule is CN(C)[C@@H]1C(O)=C(C(N)=O)C(=O)[C@@]2(O)C(O)=C3C(=O)c4c(O)ccc(-c5ccccc5)c4CC3CC12. The molecule has 2 aromatic carbocycles. The van der Waals surface area contributed by atoms with Crippen molar-refractivity contribution in [2.24, 2.45) is 17.6 Å². The number of aliphatic hydroxyl groups excluding tert-OH is 2. The predicted molar refractivity (Wildman–Crippen MR) is 129 cm³/mol. The summed E-state index contributed by atoms with van der Waals surface area (Å²) >= 11 is 0. The molecule has 4 atom stereocenters. The van der Waals surface area contributed by atoms with Crippen LogP contribution in [0.5, 0.6) is 5.75 Å². The molecule has 9 heteroatoms. The lowest BCUT2D eigenvalue weighted by Crippen LogP contribution is -2.63. The molecular weight excluding hydrogens is 464 g/mol. The Morgan fingerprint density at radius 2 is 1.72 bits per heavy atom. The molecule has 2 unspecified atom stereocenters. The first-order valence-corrected chi connectivity index (χ1v) is 11.5. The number of primary amides is 1. The van der Waals surface area contributed by atoms with Gasteiger partial charge in [-0.1, -0.05) is 36.4 Å². The number of carbonyl (C=O) groups is 3. The number of phenolic OH excluding ortho intramolecular Hbond substituents is 1. The van der Waals surface area contributed by atoms with Crippen molar-refractivity contribution in [1.29, 1.82) is 0 Å². The van der Waals surface area contributed by atoms with Gasteiger partial charge in [0.2, 0.25) is 5.78 Å². The molecule has 0 spiro atoms. The molecule has 0 aliphatic heterocycles. The monoisotopic (exact) mass is 490 g/mol. The molecular formula is C27H26N2O7. The quantitative estimate of drug-likeness (QED) is 0.407. The lowest BCUT2D eigenvalue weighted by Gasteiger charge is -2.50. The number of nitrogens with two attached hydrogens (primary N) is 1. The first kappa shape index (κ1) is 23.8. The van der Waals surface area contributed by atoms with Crippen molar-refractivity contribution in [3.63, 3.8) is 0 Å². The fourth-order valence-electron chi connectivity index (χ4n) is 6.14. The molecule has 5 rings (SSSR count). The van der Waals surface area contributed by atoms with Gasteiger partial charge in [0.15, 0.2) is 11.4 Å². The highest BCUT2D eigenvalue weighted by molar-refractivity contribution is 6.24. The number of allylic oxidation sites excluding steroid dienone is 1. The number of aromatic hydroxyl groups is 1. The minimum atomic E-state index is -2.64. The lowest BCUT2D eigenvalue weighted by atomic mass is 9.58. The van der Waals surface area contributed by atoms with E-state index in [0.717, 1.165) is 11.1 Å². The molecule has 1 amide bonds. The van der Waals surface area contributed by atoms with E-state index in [1.807, 2.05) is 30.3 Å². The van der Waals surface area contributed by atoms with Crippen LogP contribution in [0.4, 0.5) is 0 Å². The van der Waals surface area contributed by atoms with Crippen LogP contribution in [0, 0.1) is 11.8 Å². The molecule has 0 heterocycles. The van der Waals surface area contributed by atoms with Crippen molar-refractivity contribution in [1.82, 2.24) is 4.90 Å². The first-order chi connectivity index (χ1) is 17.0. The van der Waals surface area contributed by atoms with Gasteiger partial charge in [-0.2, -0.15) is 0 Å². The van der Waals surface area contributed by atoms with Gasteiger partial charge in [-0.15, -0.1) is 0 Å². The van der Waals surface area contributed by atoms with Crippen molar-refractivity contribution in [3.8, 4) is 16.9 Å². The van der Waals surface area contributed by atoms with Crippen LogP contribution < -0.4 is 5.73 Å². The van der Waals surface area contributed by atoms with Crippen LogP contribution in [0.3, 0.4) is 0 Å². The first-order valence-electron chi connectivity index (χ1n) is 11.5. The average molecular weight is 491 g/mol. The zero-order chi connectivity index (χ0) is 26.1. The zero-order valence-electron chi connectivity index (χ0n) is 19.7. The fourth-order valence-corrected chi connectivity index (χ4v) is 6.14. The highest BCUT2D eigenvalue weighted by Gasteiger charge is 2.63. The highest BCUT2D eigenvalue weighted by Crippen LogP contribution is 2.53. The lowest BCUT2D eigenvalue weighted by molar-refractivity contribution is -0.148. The summed E-state index contributed by atoms with van der Waals surface area (Å²) in [6.45, 7) is 0. The van der Waals surface area contributed by atoms with E-state index in [9.17, 15) is 34.8 Å². The van der Waals surface area contributed by atoms with Crippen molar-refractivity contribution >= 4 is 17.5 Å². The predicted octanol–water partition coefficient (Wildman–Crippen LogP) is 1.79. The van der Waals surface area contributed by atoms with E-state index in [-0.39, 0.29) is 29.7 Å². The molecule has 3 aliphatic carbocycles. The average Bonchev–Trinajstić information content (AvgIpc) is 2.81. The molecule has 186 valence electrons. The topological polar surface area (TPSA) is 161 Å². The number of carbonyl (C=O) groups excluding carboxylic acids is 3. The van der Waals surface area contributed by atoms with Gasteiger partial charge in [-0.05, 0) is 55.6 Å². The number of benzene rings is 2. The van der Waals surface area contributed by atoms with Gasteiger partial charge in [0.25, 0.3) is 5.91 Å². The highest BCUT2D eigenvalue weighted by atomic mass is 16.3. The Kier molecular flexibility index (Phi) is 5.31. The number of aliphatic hydroxyl groups is 3. The Hall–Kier alpha value is -3.95. The Morgan fingerprint density at radius 1 is 1.06 bits per heavy atom. The van der Waals surface area contributed by atoms with Crippen LogP contribution in [0.15, 0.2) is 65.1 Å². The molecule has 0 bridgehead atoms. The summed E-state index contributed by atoms with van der Waals surface area (Å²) in [4.78, 5) is 40.6. The Labute approximate surface area is 206 Å². The third-order valence-corrected chi connectivity index (χ3v) is 7.69. The minimum absolute atomic E-state index is 0.00265. The number of rotatable bonds is 3. The van der Waals surface area contributed by atoms with E-state index in [1.165, 1.54) is 11.0 Å². The molecule has 0 saturated carbocycles. The maximum atomic E-state index is 13.7. The van der Waals surface area contributed by atoms with Gasteiger partial charge < -0.3 is 26.2 Å². The van der Waals surface area contributed by atoms with Gasteiger partial charge in [-0.25, -0.2) is 0 Å². The standard InChI is InChI=1S/C27H26N2O7/c1-29(2)21-16-11-13-10-15-14(12-6-4-3-5-7-12)8-9-17(30)19(15)22(31)18(13)24(33)27(16,36)25(34)20(23(21)32)26(28)35/h3-9,13,16,21,30,32-33,36H,10-11H2,1-2H3,(H2,28,35)/t13?,16?,21-,27-/m0/s1. The summed E-state index contributed by atoms with van der Waals surface area (Å²) in [7, 11) is 3.19. The van der Waals surface area contributed by atoms with E-state index >= 15 is 0 Å². The van der Waals surface area contributed by atoms with Crippen molar-refractivity contribution in [2.75, 3.05) is 14.1 Å². The Morgan fingerprint density at radius 3 is 2.33 bits per heavy atom. The smallest absolute Gasteiger partial charge is 0.255 e. The van der Waals surface area contributed by atoms with Gasteiger partial charge in [0.05, 0.1) is 11.6 Å². The van der Waals surface area contributed by atoms with Crippen LogP contribution in [0.1, 0.15) is 22.3 Å². The summed E-state index contributed by atoms with van der Waals surface area (Å²) in [6, 6.07) is 11.5. The molecule has 0 aromatic heterocycles. The number of ketones is 2. The zero-order valence-corrected chi connectivity index (χ0v) is 19.7. The number of amides is 1. The molecule has 0 radical (unpaired) electrons. The number of hydrogen-bond donors (Lipinski definition) is 5. The molecule has 3 aliphatic rings. The largest absolute Gasteiger partial charge is 0.510 e. The van der Waals surface area contributed by atoms with Crippen LogP contribution in [-0.2, 0) is 16.0 Å². The molecule has 2 aromatic rings. The summed E-state index contributed by atoms with van der Waals surface area (Å²) in [6.07, 6.45) is 0.294. The second kappa shape index (κ2) is 8.04. The second-order valence-electron chi connectivity index (χ2n) is 9.81. The summed E-state index contributed by atoms with van der Waals surface area (Å²) < 4.78 is 0. The molecule has 0 saturated heterocycles. The third kappa shape index (κ3) is 3.06. The number of hydrogen-bond acceptors (Lipinski definition) is 8. The van der Waals surface area contributed by atoms with Gasteiger partial charge in [0, 0.05) is 11.5 Å². The summed E-state index contributed by atoms with van der Waals surface area (Å²) in [5, 5.41) is 44.4. The summed E-state index contributed by atoms with van der Waals surface area (Å²) in [5.41, 5.74) is 3.90. The van der Waals surface area contributed by atoms with E-state index in [4.69, 9.17) is 5.73 Å². The van der Waals surface area contributed by atoms with Crippen LogP contribution in [0.2, 0.25) is 0 Å². The maximum Gasteiger partial charge on any atom is 0.255 e. The van der Waals surface area contributed by atoms with Crippen molar-refractivity contribution < 1.29 is 34.8 Å². The molecule has 6 N–H and O–H groups in total. The minimum Gasteiger partial charge on any atom is -0.510 e. The maximum absolute atomic E-state index is 13.7. The van der Waals surface area contributed by atoms with Crippen molar-refractivity contribution in [3.05, 3.63) is 76.3 Å². The normalized spacial score (nSPS) is 27.6. The number of likely N-dealkylation sites (N-methyl/N-ethyl adjacent to an activating group) is 1. The van der Waals surface area contributed by atoms with Gasteiger partial charge in [0.1, 0.15) is 22.8 Å². The van der Waals surface area contributed by atoms with Crippen molar-refractivity contribution in [2.45, 2.75) is 24.5 Å². The third-order valence-electron chi connectivity index (χ3n) is 7.69. The molecule has 9 nitrogen and oxygen atoms in total. The molecule has 36 heavy (non-hydrogen) atoms. The number of Topliss-reactive ketones (excluding diaryl/α,β-unsaturated/α-hetero) is 2. The Balaban J connectivity index is 1.73. The summed E-state index contributed by atoms with van der Waals surface area (Å²) in [5.74, 6) is -6.60. The fraction of sp³-hybridized carbons (Fsp3) is 0.296. The van der Waals surface area contributed by atoms with Gasteiger partial charge in [-0.3, -0.25) is 19.3 Å². The van der Waals surface area contributed by atoms with E-state index in [1.54, 1.807) is 20.2 Å². The number of nitrogens with zero attached hydrogens (tertiary/aromatic N) is 1. The second-order valence-corrected chi connectivity index (χ2v) is 9.81. The number of fused-ring (bicyclic) bond motifs is 3. The van der Waals surface area contributed by atoms with E-state index in [2.05, 4.69) is 0 Å². The van der Waals surface area contributed by atoms with Crippen LogP contribution in [-0.4, -0.2) is 68.5 Å².